The van der Waals surface area contributed by atoms with E-state index in [4.69, 9.17) is 9.26 Å². The van der Waals surface area contributed by atoms with Crippen LogP contribution in [0.25, 0.3) is 11.4 Å². The number of rotatable bonds is 8. The van der Waals surface area contributed by atoms with Crippen molar-refractivity contribution < 1.29 is 14.1 Å². The van der Waals surface area contributed by atoms with Crippen LogP contribution in [0, 0.1) is 6.92 Å². The van der Waals surface area contributed by atoms with Crippen LogP contribution in [0.3, 0.4) is 0 Å². The van der Waals surface area contributed by atoms with Crippen LogP contribution in [0.1, 0.15) is 24.3 Å². The van der Waals surface area contributed by atoms with E-state index < -0.39 is 0 Å². The SMILES string of the molecule is COc1ccc(-c2noc(CCCC(=O)Nc3ccc(N(C)C)cc3C)n2)cc1. The van der Waals surface area contributed by atoms with Crippen molar-refractivity contribution in [1.82, 2.24) is 10.1 Å². The number of amides is 1. The van der Waals surface area contributed by atoms with Gasteiger partial charge >= 0.3 is 0 Å². The van der Waals surface area contributed by atoms with E-state index in [9.17, 15) is 4.79 Å². The molecule has 0 radical (unpaired) electrons. The predicted molar refractivity (Wildman–Crippen MR) is 113 cm³/mol. The van der Waals surface area contributed by atoms with Gasteiger partial charge < -0.3 is 19.5 Å². The average molecular weight is 394 g/mol. The number of anilines is 2. The molecule has 3 rings (SSSR count). The van der Waals surface area contributed by atoms with Gasteiger partial charge in [-0.2, -0.15) is 4.98 Å². The molecule has 7 heteroatoms. The summed E-state index contributed by atoms with van der Waals surface area (Å²) in [5.41, 5.74) is 3.82. The number of ether oxygens (including phenoxy) is 1. The highest BCUT2D eigenvalue weighted by Crippen LogP contribution is 2.22. The van der Waals surface area contributed by atoms with Crippen molar-refractivity contribution in [2.24, 2.45) is 0 Å². The molecule has 0 saturated heterocycles. The molecule has 1 aromatic heterocycles. The third kappa shape index (κ3) is 5.34. The summed E-state index contributed by atoms with van der Waals surface area (Å²) in [5, 5.41) is 6.98. The van der Waals surface area contributed by atoms with Crippen LogP contribution in [-0.4, -0.2) is 37.3 Å². The lowest BCUT2D eigenvalue weighted by Crippen LogP contribution is -2.13. The van der Waals surface area contributed by atoms with E-state index >= 15 is 0 Å². The van der Waals surface area contributed by atoms with E-state index in [-0.39, 0.29) is 5.91 Å². The van der Waals surface area contributed by atoms with Gasteiger partial charge in [0.1, 0.15) is 5.75 Å². The zero-order chi connectivity index (χ0) is 20.8. The van der Waals surface area contributed by atoms with Crippen molar-refractivity contribution in [3.05, 3.63) is 53.9 Å². The highest BCUT2D eigenvalue weighted by molar-refractivity contribution is 5.91. The molecule has 0 fully saturated rings. The van der Waals surface area contributed by atoms with Crippen molar-refractivity contribution in [2.45, 2.75) is 26.2 Å². The van der Waals surface area contributed by atoms with Gasteiger partial charge in [0.15, 0.2) is 0 Å². The fourth-order valence-corrected chi connectivity index (χ4v) is 2.89. The molecule has 1 amide bonds. The number of nitrogens with one attached hydrogen (secondary N) is 1. The van der Waals surface area contributed by atoms with Gasteiger partial charge in [-0.1, -0.05) is 5.16 Å². The first-order chi connectivity index (χ1) is 14.0. The summed E-state index contributed by atoms with van der Waals surface area (Å²) in [5.74, 6) is 1.80. The minimum Gasteiger partial charge on any atom is -0.497 e. The highest BCUT2D eigenvalue weighted by atomic mass is 16.5. The Bertz CT molecular complexity index is 964. The monoisotopic (exact) mass is 394 g/mol. The maximum atomic E-state index is 12.3. The van der Waals surface area contributed by atoms with Crippen LogP contribution >= 0.6 is 0 Å². The van der Waals surface area contributed by atoms with Gasteiger partial charge in [-0.05, 0) is 61.4 Å². The minimum atomic E-state index is -0.0272. The van der Waals surface area contributed by atoms with E-state index in [1.807, 2.05) is 62.3 Å². The van der Waals surface area contributed by atoms with Gasteiger partial charge in [0.2, 0.25) is 17.6 Å². The molecule has 152 valence electrons. The fourth-order valence-electron chi connectivity index (χ4n) is 2.89. The van der Waals surface area contributed by atoms with Gasteiger partial charge in [0.25, 0.3) is 0 Å². The van der Waals surface area contributed by atoms with Crippen molar-refractivity contribution in [1.29, 1.82) is 0 Å². The quantitative estimate of drug-likeness (QED) is 0.620. The second-order valence-electron chi connectivity index (χ2n) is 7.04. The molecular formula is C22H26N4O3. The molecule has 2 aromatic carbocycles. The van der Waals surface area contributed by atoms with Crippen LogP contribution < -0.4 is 15.0 Å². The Balaban J connectivity index is 1.50. The van der Waals surface area contributed by atoms with E-state index in [0.29, 0.717) is 31.0 Å². The highest BCUT2D eigenvalue weighted by Gasteiger charge is 2.11. The Morgan fingerprint density at radius 1 is 1.17 bits per heavy atom. The smallest absolute Gasteiger partial charge is 0.226 e. The molecule has 0 bridgehead atoms. The maximum absolute atomic E-state index is 12.3. The van der Waals surface area contributed by atoms with Crippen molar-refractivity contribution in [3.63, 3.8) is 0 Å². The molecule has 0 unspecified atom stereocenters. The van der Waals surface area contributed by atoms with Gasteiger partial charge in [0.05, 0.1) is 7.11 Å². The summed E-state index contributed by atoms with van der Waals surface area (Å²) in [7, 11) is 5.60. The summed E-state index contributed by atoms with van der Waals surface area (Å²) in [6.07, 6.45) is 1.56. The van der Waals surface area contributed by atoms with E-state index in [2.05, 4.69) is 21.5 Å². The molecule has 0 aliphatic heterocycles. The Morgan fingerprint density at radius 2 is 1.93 bits per heavy atom. The van der Waals surface area contributed by atoms with E-state index in [1.165, 1.54) is 0 Å². The predicted octanol–water partition coefficient (Wildman–Crippen LogP) is 4.08. The van der Waals surface area contributed by atoms with Crippen molar-refractivity contribution in [2.75, 3.05) is 31.4 Å². The average Bonchev–Trinajstić information content (AvgIpc) is 3.18. The molecule has 1 N–H and O–H groups in total. The van der Waals surface area contributed by atoms with Crippen LogP contribution in [0.4, 0.5) is 11.4 Å². The molecule has 3 aromatic rings. The van der Waals surface area contributed by atoms with Gasteiger partial charge in [-0.25, -0.2) is 0 Å². The first kappa shape index (κ1) is 20.4. The third-order valence-electron chi connectivity index (χ3n) is 4.61. The molecule has 7 nitrogen and oxygen atoms in total. The van der Waals surface area contributed by atoms with Gasteiger partial charge in [-0.15, -0.1) is 0 Å². The number of nitrogens with zero attached hydrogens (tertiary/aromatic N) is 3. The van der Waals surface area contributed by atoms with Crippen molar-refractivity contribution in [3.8, 4) is 17.1 Å². The minimum absolute atomic E-state index is 0.0272. The largest absolute Gasteiger partial charge is 0.497 e. The van der Waals surface area contributed by atoms with Crippen LogP contribution in [0.15, 0.2) is 47.0 Å². The number of aryl methyl sites for hydroxylation is 2. The molecular weight excluding hydrogens is 368 g/mol. The second-order valence-corrected chi connectivity index (χ2v) is 7.04. The van der Waals surface area contributed by atoms with Gasteiger partial charge in [0, 0.05) is 43.9 Å². The third-order valence-corrected chi connectivity index (χ3v) is 4.61. The lowest BCUT2D eigenvalue weighted by molar-refractivity contribution is -0.116. The summed E-state index contributed by atoms with van der Waals surface area (Å²) in [6, 6.07) is 13.4. The topological polar surface area (TPSA) is 80.5 Å². The molecule has 29 heavy (non-hydrogen) atoms. The van der Waals surface area contributed by atoms with Crippen molar-refractivity contribution >= 4 is 17.3 Å². The van der Waals surface area contributed by atoms with Crippen LogP contribution in [0.5, 0.6) is 5.75 Å². The summed E-state index contributed by atoms with van der Waals surface area (Å²) in [4.78, 5) is 18.7. The first-order valence-electron chi connectivity index (χ1n) is 9.51. The molecule has 0 atom stereocenters. The molecule has 0 spiro atoms. The fraction of sp³-hybridized carbons (Fsp3) is 0.318. The number of methoxy groups -OCH3 is 1. The molecule has 0 saturated carbocycles. The lowest BCUT2D eigenvalue weighted by atomic mass is 10.1. The number of carbonyl (C=O) groups is 1. The Hall–Kier alpha value is -3.35. The zero-order valence-corrected chi connectivity index (χ0v) is 17.2. The summed E-state index contributed by atoms with van der Waals surface area (Å²) >= 11 is 0. The first-order valence-corrected chi connectivity index (χ1v) is 9.51. The summed E-state index contributed by atoms with van der Waals surface area (Å²) in [6.45, 7) is 1.99. The molecule has 0 aliphatic rings. The molecule has 0 aliphatic carbocycles. The lowest BCUT2D eigenvalue weighted by Gasteiger charge is -2.15. The van der Waals surface area contributed by atoms with E-state index in [0.717, 1.165) is 28.3 Å². The number of hydrogen-bond acceptors (Lipinski definition) is 6. The Morgan fingerprint density at radius 3 is 2.59 bits per heavy atom. The van der Waals surface area contributed by atoms with Gasteiger partial charge in [-0.3, -0.25) is 4.79 Å². The number of carbonyl (C=O) groups excluding carboxylic acids is 1. The zero-order valence-electron chi connectivity index (χ0n) is 17.2. The van der Waals surface area contributed by atoms with E-state index in [1.54, 1.807) is 7.11 Å². The van der Waals surface area contributed by atoms with Crippen LogP contribution in [-0.2, 0) is 11.2 Å². The maximum Gasteiger partial charge on any atom is 0.226 e. The number of hydrogen-bond donors (Lipinski definition) is 1. The second kappa shape index (κ2) is 9.23. The standard InChI is InChI=1S/C22H26N4O3/c1-15-14-17(26(2)3)10-13-19(15)23-20(27)6-5-7-21-24-22(25-29-21)16-8-11-18(28-4)12-9-16/h8-14H,5-7H2,1-4H3,(H,23,27). The normalized spacial score (nSPS) is 10.6. The van der Waals surface area contributed by atoms with Crippen LogP contribution in [0.2, 0.25) is 0 Å². The Labute approximate surface area is 170 Å². The summed E-state index contributed by atoms with van der Waals surface area (Å²) < 4.78 is 10.4. The molecule has 1 heterocycles. The number of aromatic nitrogens is 2. The number of benzene rings is 2. The Kier molecular flexibility index (Phi) is 6.49.